The first-order valence-electron chi connectivity index (χ1n) is 18.6. The van der Waals surface area contributed by atoms with E-state index in [1.165, 1.54) is 12.3 Å². The average molecular weight is 782 g/mol. The van der Waals surface area contributed by atoms with E-state index in [4.69, 9.17) is 28.0 Å². The fraction of sp³-hybridized carbons (Fsp3) is 0.381. The summed E-state index contributed by atoms with van der Waals surface area (Å²) in [5.41, 5.74) is 2.02. The molecule has 1 aromatic heterocycles. The Morgan fingerprint density at radius 1 is 0.929 bits per heavy atom. The van der Waals surface area contributed by atoms with Gasteiger partial charge in [0.1, 0.15) is 23.2 Å². The highest BCUT2D eigenvalue weighted by Gasteiger charge is 2.45. The van der Waals surface area contributed by atoms with Gasteiger partial charge in [-0.05, 0) is 74.7 Å². The van der Waals surface area contributed by atoms with Crippen LogP contribution in [0.4, 0.5) is 5.69 Å². The van der Waals surface area contributed by atoms with Crippen LogP contribution in [0.15, 0.2) is 103 Å². The molecule has 13 nitrogen and oxygen atoms in total. The molecule has 0 N–H and O–H groups in total. The third-order valence-corrected chi connectivity index (χ3v) is 11.9. The van der Waals surface area contributed by atoms with Crippen molar-refractivity contribution >= 4 is 25.1 Å². The molecule has 0 spiro atoms. The van der Waals surface area contributed by atoms with Gasteiger partial charge in [-0.15, -0.1) is 0 Å². The third kappa shape index (κ3) is 8.56. The van der Waals surface area contributed by atoms with E-state index in [-0.39, 0.29) is 37.4 Å². The highest BCUT2D eigenvalue weighted by Crippen LogP contribution is 2.51. The summed E-state index contributed by atoms with van der Waals surface area (Å²) in [4.78, 5) is 11.5. The zero-order chi connectivity index (χ0) is 39.8. The van der Waals surface area contributed by atoms with Crippen LogP contribution in [0.1, 0.15) is 63.5 Å². The molecule has 14 heteroatoms. The molecule has 2 heterocycles. The molecule has 1 aliphatic rings. The summed E-state index contributed by atoms with van der Waals surface area (Å²) >= 11 is 0. The summed E-state index contributed by atoms with van der Waals surface area (Å²) in [7, 11) is 1.60. The lowest BCUT2D eigenvalue weighted by molar-refractivity contribution is -0.383. The van der Waals surface area contributed by atoms with Gasteiger partial charge in [-0.2, -0.15) is 10.4 Å². The fourth-order valence-electron chi connectivity index (χ4n) is 7.25. The van der Waals surface area contributed by atoms with Gasteiger partial charge in [0.15, 0.2) is 6.23 Å². The molecule has 1 aliphatic heterocycles. The topological polar surface area (TPSA) is 143 Å². The molecule has 5 aromatic rings. The predicted octanol–water partition coefficient (Wildman–Crippen LogP) is 8.92. The minimum atomic E-state index is -1.66. The minimum absolute atomic E-state index is 0.0371. The molecule has 1 fully saturated rings. The van der Waals surface area contributed by atoms with Crippen LogP contribution in [0, 0.1) is 21.4 Å². The number of rotatable bonds is 18. The summed E-state index contributed by atoms with van der Waals surface area (Å²) in [6.45, 7) is 8.61. The van der Waals surface area contributed by atoms with Crippen LogP contribution in [0.25, 0.3) is 10.9 Å². The fourth-order valence-corrected chi connectivity index (χ4v) is 9.00. The second-order valence-electron chi connectivity index (χ2n) is 13.9. The molecular weight excluding hydrogens is 733 g/mol. The highest BCUT2D eigenvalue weighted by atomic mass is 31.2. The Balaban J connectivity index is 1.44. The van der Waals surface area contributed by atoms with Crippen molar-refractivity contribution in [3.05, 3.63) is 130 Å². The zero-order valence-corrected chi connectivity index (χ0v) is 33.4. The van der Waals surface area contributed by atoms with Gasteiger partial charge in [0, 0.05) is 24.6 Å². The van der Waals surface area contributed by atoms with E-state index in [9.17, 15) is 15.4 Å². The Labute approximate surface area is 328 Å². The van der Waals surface area contributed by atoms with Crippen LogP contribution < -0.4 is 9.47 Å². The SMILES string of the molecule is COc1ccc(C(OC[C@H]2O[C@@H](n3ncc4c([N+](=O)[O-])cccc43)C[C@@H]2OP(OCCC#N)N(C(C)C)C(C)C)(c2ccccc2)c2ccc(OC)cc2)cc1. The van der Waals surface area contributed by atoms with E-state index in [2.05, 4.69) is 43.5 Å². The minimum Gasteiger partial charge on any atom is -0.497 e. The smallest absolute Gasteiger partial charge is 0.280 e. The number of hydrogen-bond acceptors (Lipinski definition) is 11. The maximum Gasteiger partial charge on any atom is 0.280 e. The Hall–Kier alpha value is -4.93. The van der Waals surface area contributed by atoms with Gasteiger partial charge in [-0.1, -0.05) is 60.7 Å². The standard InChI is InChI=1S/C42H48N5O8P/c1-29(2)46(30(3)4)56(53-25-11-24-43)55-39-26-41(45-37-14-10-15-38(47(48)49)36(37)27-44-45)54-40(39)28-52-42(31-12-8-7-9-13-31,32-16-20-34(50-5)21-17-32)33-18-22-35(51-6)23-19-33/h7-10,12-23,27,29-30,39-41H,11,25-26,28H2,1-6H3/t39-,40+,41+,56?/m0/s1. The van der Waals surface area contributed by atoms with E-state index in [1.54, 1.807) is 31.0 Å². The summed E-state index contributed by atoms with van der Waals surface area (Å²) in [6.07, 6.45) is 0.200. The Morgan fingerprint density at radius 2 is 1.54 bits per heavy atom. The molecule has 0 radical (unpaired) electrons. The monoisotopic (exact) mass is 781 g/mol. The van der Waals surface area contributed by atoms with Crippen molar-refractivity contribution in [3.8, 4) is 17.6 Å². The van der Waals surface area contributed by atoms with Crippen molar-refractivity contribution < 1.29 is 32.9 Å². The van der Waals surface area contributed by atoms with Crippen molar-refractivity contribution in [2.45, 2.75) is 76.7 Å². The van der Waals surface area contributed by atoms with E-state index < -0.39 is 37.5 Å². The first kappa shape index (κ1) is 40.7. The van der Waals surface area contributed by atoms with Gasteiger partial charge in [-0.3, -0.25) is 10.1 Å². The van der Waals surface area contributed by atoms with Crippen molar-refractivity contribution in [2.24, 2.45) is 0 Å². The molecule has 0 amide bonds. The second kappa shape index (κ2) is 18.3. The Kier molecular flexibility index (Phi) is 13.3. The number of non-ortho nitro benzene ring substituents is 1. The maximum atomic E-state index is 11.9. The molecule has 1 unspecified atom stereocenters. The summed E-state index contributed by atoms with van der Waals surface area (Å²) < 4.78 is 42.4. The van der Waals surface area contributed by atoms with Gasteiger partial charge in [-0.25, -0.2) is 9.35 Å². The number of nitro groups is 1. The number of nitriles is 1. The lowest BCUT2D eigenvalue weighted by Crippen LogP contribution is -2.39. The molecular formula is C42H48N5O8P. The second-order valence-corrected chi connectivity index (χ2v) is 15.3. The number of benzene rings is 4. The predicted molar refractivity (Wildman–Crippen MR) is 213 cm³/mol. The molecule has 0 aliphatic carbocycles. The zero-order valence-electron chi connectivity index (χ0n) is 32.5. The summed E-state index contributed by atoms with van der Waals surface area (Å²) in [6, 6.07) is 32.8. The summed E-state index contributed by atoms with van der Waals surface area (Å²) in [5, 5.41) is 26.3. The van der Waals surface area contributed by atoms with Gasteiger partial charge in [0.25, 0.3) is 14.2 Å². The van der Waals surface area contributed by atoms with Crippen molar-refractivity contribution in [3.63, 3.8) is 0 Å². The quantitative estimate of drug-likeness (QED) is 0.0276. The van der Waals surface area contributed by atoms with Crippen LogP contribution in [-0.4, -0.2) is 71.1 Å². The first-order valence-corrected chi connectivity index (χ1v) is 19.7. The van der Waals surface area contributed by atoms with Crippen LogP contribution in [0.3, 0.4) is 0 Å². The molecule has 0 bridgehead atoms. The van der Waals surface area contributed by atoms with Gasteiger partial charge in [0.2, 0.25) is 0 Å². The van der Waals surface area contributed by atoms with E-state index >= 15 is 0 Å². The highest BCUT2D eigenvalue weighted by molar-refractivity contribution is 7.44. The lowest BCUT2D eigenvalue weighted by Gasteiger charge is -2.39. The van der Waals surface area contributed by atoms with Crippen molar-refractivity contribution in [1.29, 1.82) is 5.26 Å². The van der Waals surface area contributed by atoms with Crippen molar-refractivity contribution in [2.75, 3.05) is 27.4 Å². The number of fused-ring (bicyclic) bond motifs is 1. The Bertz CT molecular complexity index is 2030. The molecule has 4 atom stereocenters. The van der Waals surface area contributed by atoms with E-state index in [0.717, 1.165) is 16.7 Å². The number of aromatic nitrogens is 2. The molecule has 1 saturated heterocycles. The summed E-state index contributed by atoms with van der Waals surface area (Å²) in [5.74, 6) is 1.41. The molecule has 56 heavy (non-hydrogen) atoms. The van der Waals surface area contributed by atoms with E-state index in [1.807, 2.05) is 78.9 Å². The number of methoxy groups -OCH3 is 2. The number of nitro benzene ring substituents is 1. The Morgan fingerprint density at radius 3 is 2.09 bits per heavy atom. The van der Waals surface area contributed by atoms with Gasteiger partial charge in [0.05, 0.1) is 68.1 Å². The van der Waals surface area contributed by atoms with Gasteiger partial charge >= 0.3 is 0 Å². The maximum absolute atomic E-state index is 11.9. The third-order valence-electron chi connectivity index (χ3n) is 9.79. The molecule has 294 valence electrons. The normalized spacial score (nSPS) is 17.8. The number of nitrogens with zero attached hydrogens (tertiary/aromatic N) is 5. The largest absolute Gasteiger partial charge is 0.497 e. The lowest BCUT2D eigenvalue weighted by atomic mass is 9.80. The van der Waals surface area contributed by atoms with Crippen LogP contribution in [0.2, 0.25) is 0 Å². The number of ether oxygens (including phenoxy) is 4. The van der Waals surface area contributed by atoms with Crippen LogP contribution >= 0.6 is 8.53 Å². The first-order chi connectivity index (χ1) is 27.1. The molecule has 0 saturated carbocycles. The van der Waals surface area contributed by atoms with Gasteiger partial charge < -0.3 is 28.0 Å². The molecule has 6 rings (SSSR count). The van der Waals surface area contributed by atoms with E-state index in [0.29, 0.717) is 28.8 Å². The van der Waals surface area contributed by atoms with Crippen LogP contribution in [-0.2, 0) is 24.1 Å². The number of hydrogen-bond donors (Lipinski definition) is 0. The average Bonchev–Trinajstić information content (AvgIpc) is 3.82. The van der Waals surface area contributed by atoms with Crippen LogP contribution in [0.5, 0.6) is 11.5 Å². The van der Waals surface area contributed by atoms with Crippen molar-refractivity contribution in [1.82, 2.24) is 14.5 Å². The molecule has 4 aromatic carbocycles.